The number of hydrogen-bond donors (Lipinski definition) is 4. The number of aromatic nitrogens is 2. The van der Waals surface area contributed by atoms with E-state index in [0.29, 0.717) is 16.9 Å². The summed E-state index contributed by atoms with van der Waals surface area (Å²) in [6.07, 6.45) is 6.13. The van der Waals surface area contributed by atoms with Gasteiger partial charge in [0.05, 0.1) is 32.6 Å². The highest BCUT2D eigenvalue weighted by molar-refractivity contribution is 7.89. The molecule has 246 valence electrons. The Balaban J connectivity index is 0.00000552. The van der Waals surface area contributed by atoms with E-state index in [1.807, 2.05) is 32.9 Å². The Labute approximate surface area is 276 Å². The highest BCUT2D eigenvalue weighted by Crippen LogP contribution is 2.40. The van der Waals surface area contributed by atoms with Crippen molar-refractivity contribution in [1.29, 1.82) is 0 Å². The summed E-state index contributed by atoms with van der Waals surface area (Å²) in [6.45, 7) is 10.8. The second-order valence-electron chi connectivity index (χ2n) is 12.4. The van der Waals surface area contributed by atoms with Crippen LogP contribution < -0.4 is 20.7 Å². The second kappa shape index (κ2) is 15.4. The maximum Gasteiger partial charge on any atom is 0.407 e. The molecule has 0 unspecified atom stereocenters. The Morgan fingerprint density at radius 3 is 2.36 bits per heavy atom. The molecule has 3 aromatic rings. The predicted octanol–water partition coefficient (Wildman–Crippen LogP) is 6.44. The van der Waals surface area contributed by atoms with Crippen LogP contribution >= 0.6 is 24.8 Å². The first-order valence-electron chi connectivity index (χ1n) is 14.8. The molecular formula is C31H44N6O5S3. The quantitative estimate of drug-likeness (QED) is 0.204. The van der Waals surface area contributed by atoms with Gasteiger partial charge >= 0.3 is 12.1 Å². The zero-order chi connectivity index (χ0) is 32.1. The molecule has 2 aromatic heterocycles. The second-order valence-corrected chi connectivity index (χ2v) is 15.1. The van der Waals surface area contributed by atoms with Crippen molar-refractivity contribution < 1.29 is 22.7 Å². The monoisotopic (exact) mass is 676 g/mol. The average molecular weight is 677 g/mol. The Bertz CT molecular complexity index is 1550. The summed E-state index contributed by atoms with van der Waals surface area (Å²) in [7, 11) is -3.97. The minimum absolute atomic E-state index is 0. The number of carbonyl (C=O) groups excluding carboxylic acids is 2. The number of anilines is 1. The number of thiazole rings is 1. The predicted molar refractivity (Wildman–Crippen MR) is 183 cm³/mol. The summed E-state index contributed by atoms with van der Waals surface area (Å²) in [5, 5.41) is 9.47. The van der Waals surface area contributed by atoms with Gasteiger partial charge in [0.25, 0.3) is 0 Å². The van der Waals surface area contributed by atoms with Crippen molar-refractivity contribution in [3.8, 4) is 10.4 Å². The first-order valence-corrected chi connectivity index (χ1v) is 17.1. The van der Waals surface area contributed by atoms with E-state index < -0.39 is 27.7 Å². The topological polar surface area (TPSA) is 151 Å². The van der Waals surface area contributed by atoms with Crippen LogP contribution in [0, 0.1) is 0 Å². The Morgan fingerprint density at radius 2 is 1.73 bits per heavy atom. The zero-order valence-electron chi connectivity index (χ0n) is 26.5. The number of rotatable bonds is 9. The van der Waals surface area contributed by atoms with Crippen molar-refractivity contribution in [2.75, 3.05) is 5.32 Å². The van der Waals surface area contributed by atoms with Crippen LogP contribution in [0.15, 0.2) is 53.7 Å². The van der Waals surface area contributed by atoms with Crippen molar-refractivity contribution in [2.45, 2.75) is 102 Å². The van der Waals surface area contributed by atoms with Gasteiger partial charge < -0.3 is 20.7 Å². The van der Waals surface area contributed by atoms with Gasteiger partial charge in [0.2, 0.25) is 10.0 Å². The third-order valence-corrected chi connectivity index (χ3v) is 9.97. The summed E-state index contributed by atoms with van der Waals surface area (Å²) in [4.78, 5) is 34.5. The van der Waals surface area contributed by atoms with E-state index in [9.17, 15) is 18.0 Å². The van der Waals surface area contributed by atoms with Gasteiger partial charge in [-0.25, -0.2) is 27.7 Å². The van der Waals surface area contributed by atoms with Crippen LogP contribution in [0.2, 0.25) is 0 Å². The number of carbonyl (C=O) groups is 2. The van der Waals surface area contributed by atoms with Crippen molar-refractivity contribution in [2.24, 2.45) is 0 Å². The number of amides is 3. The number of benzene rings is 1. The third-order valence-electron chi connectivity index (χ3n) is 6.98. The molecule has 3 amide bonds. The molecule has 0 saturated heterocycles. The highest BCUT2D eigenvalue weighted by atomic mass is 32.2. The summed E-state index contributed by atoms with van der Waals surface area (Å²) in [5.74, 6) is 0.214. The third kappa shape index (κ3) is 10.4. The molecule has 1 saturated carbocycles. The molecule has 1 aromatic carbocycles. The summed E-state index contributed by atoms with van der Waals surface area (Å²) < 4.78 is 35.2. The largest absolute Gasteiger partial charge is 0.447 e. The molecule has 45 heavy (non-hydrogen) atoms. The number of urea groups is 1. The van der Waals surface area contributed by atoms with E-state index in [0.717, 1.165) is 35.6 Å². The molecular weight excluding hydrogens is 633 g/mol. The van der Waals surface area contributed by atoms with E-state index in [-0.39, 0.29) is 42.5 Å². The highest BCUT2D eigenvalue weighted by Gasteiger charge is 2.29. The molecule has 2 heterocycles. The number of ether oxygens (including phenoxy) is 1. The molecule has 1 atom stereocenters. The van der Waals surface area contributed by atoms with Crippen LogP contribution in [0.1, 0.15) is 89.9 Å². The molecule has 4 rings (SSSR count). The van der Waals surface area contributed by atoms with Gasteiger partial charge in [-0.05, 0) is 91.5 Å². The molecule has 0 bridgehead atoms. The lowest BCUT2D eigenvalue weighted by Gasteiger charge is -2.28. The summed E-state index contributed by atoms with van der Waals surface area (Å²) in [6, 6.07) is 9.55. The minimum Gasteiger partial charge on any atom is -0.447 e. The lowest BCUT2D eigenvalue weighted by molar-refractivity contribution is 0.109. The van der Waals surface area contributed by atoms with Gasteiger partial charge in [0.1, 0.15) is 0 Å². The summed E-state index contributed by atoms with van der Waals surface area (Å²) in [5.41, 5.74) is 0.822. The molecule has 4 N–H and O–H groups in total. The van der Waals surface area contributed by atoms with Crippen molar-refractivity contribution in [3.05, 3.63) is 59.5 Å². The first kappa shape index (κ1) is 36.3. The van der Waals surface area contributed by atoms with E-state index in [4.69, 9.17) is 4.74 Å². The summed E-state index contributed by atoms with van der Waals surface area (Å²) >= 11 is 1.47. The lowest BCUT2D eigenvalue weighted by Crippen LogP contribution is -2.40. The van der Waals surface area contributed by atoms with Gasteiger partial charge in [0, 0.05) is 41.1 Å². The molecule has 1 fully saturated rings. The molecule has 0 radical (unpaired) electrons. The van der Waals surface area contributed by atoms with Gasteiger partial charge in [0.15, 0.2) is 0 Å². The molecule has 1 aliphatic rings. The van der Waals surface area contributed by atoms with Crippen molar-refractivity contribution in [1.82, 2.24) is 25.3 Å². The van der Waals surface area contributed by atoms with Crippen LogP contribution in [-0.4, -0.2) is 48.2 Å². The number of nitrogens with one attached hydrogen (secondary N) is 4. The fraction of sp³-hybridized carbons (Fsp3) is 0.484. The standard InChI is InChI=1S/C31H42N6O5S2.H2S/c1-19(2)42-30(39)36-22-12-10-21(11-13-22)28-33-18-26(43-28)24-15-14-23(17-27(24)44(40,41)37-31(4,5)6)35-29(38)34-20(3)25-9-7-8-16-32-25;/h7-9,14-22,37H,10-13H2,1-6H3,(H,36,39)(H2,34,35,38);1H2/t20-,21?,22?;/m0./s1. The number of nitrogens with zero attached hydrogens (tertiary/aromatic N) is 2. The SMILES string of the molecule is CC(C)OC(=O)NC1CCC(c2ncc(-c3ccc(NC(=O)N[C@@H](C)c4ccccn4)cc3S(=O)(=O)NC(C)(C)C)s2)CC1.S. The average Bonchev–Trinajstić information content (AvgIpc) is 3.42. The van der Waals surface area contributed by atoms with Crippen LogP contribution in [0.3, 0.4) is 0 Å². The zero-order valence-corrected chi connectivity index (χ0v) is 29.1. The molecule has 1 aliphatic carbocycles. The number of pyridine rings is 1. The fourth-order valence-electron chi connectivity index (χ4n) is 5.05. The first-order chi connectivity index (χ1) is 20.7. The van der Waals surface area contributed by atoms with Crippen LogP contribution in [0.5, 0.6) is 0 Å². The Morgan fingerprint density at radius 1 is 1.02 bits per heavy atom. The molecule has 0 spiro atoms. The van der Waals surface area contributed by atoms with Crippen LogP contribution in [-0.2, 0) is 14.8 Å². The lowest BCUT2D eigenvalue weighted by atomic mass is 9.86. The van der Waals surface area contributed by atoms with E-state index in [1.165, 1.54) is 17.4 Å². The maximum absolute atomic E-state index is 13.6. The van der Waals surface area contributed by atoms with Gasteiger partial charge in [-0.2, -0.15) is 13.5 Å². The van der Waals surface area contributed by atoms with Crippen molar-refractivity contribution in [3.63, 3.8) is 0 Å². The van der Waals surface area contributed by atoms with Crippen LogP contribution in [0.4, 0.5) is 15.3 Å². The molecule has 14 heteroatoms. The van der Waals surface area contributed by atoms with Crippen LogP contribution in [0.25, 0.3) is 10.4 Å². The fourth-order valence-corrected chi connectivity index (χ4v) is 7.91. The van der Waals surface area contributed by atoms with E-state index >= 15 is 0 Å². The minimum atomic E-state index is -3.97. The van der Waals surface area contributed by atoms with Gasteiger partial charge in [-0.1, -0.05) is 12.1 Å². The molecule has 11 nitrogen and oxygen atoms in total. The Hall–Kier alpha value is -3.20. The van der Waals surface area contributed by atoms with E-state index in [1.54, 1.807) is 51.4 Å². The molecule has 0 aliphatic heterocycles. The number of hydrogen-bond acceptors (Lipinski definition) is 8. The smallest absolute Gasteiger partial charge is 0.407 e. The van der Waals surface area contributed by atoms with Crippen molar-refractivity contribution >= 4 is 52.7 Å². The number of alkyl carbamates (subject to hydrolysis) is 1. The van der Waals surface area contributed by atoms with E-state index in [2.05, 4.69) is 30.6 Å². The number of sulfonamides is 1. The Kier molecular flexibility index (Phi) is 12.4. The van der Waals surface area contributed by atoms with Gasteiger partial charge in [-0.3, -0.25) is 4.98 Å². The van der Waals surface area contributed by atoms with Gasteiger partial charge in [-0.15, -0.1) is 11.3 Å². The maximum atomic E-state index is 13.6. The normalized spacial score (nSPS) is 17.6.